The molecule has 5 nitrogen and oxygen atoms in total. The Kier molecular flexibility index (Phi) is 6.05. The zero-order valence-corrected chi connectivity index (χ0v) is 28.0. The second-order valence-electron chi connectivity index (χ2n) is 12.9. The Labute approximate surface area is 296 Å². The van der Waals surface area contributed by atoms with Crippen molar-refractivity contribution in [1.82, 2.24) is 24.1 Å². The van der Waals surface area contributed by atoms with E-state index in [9.17, 15) is 0 Å². The number of rotatable bonds is 4. The lowest BCUT2D eigenvalue weighted by Crippen LogP contribution is -2.06. The predicted octanol–water partition coefficient (Wildman–Crippen LogP) is 11.8. The van der Waals surface area contributed by atoms with Gasteiger partial charge >= 0.3 is 0 Å². The van der Waals surface area contributed by atoms with E-state index in [1.165, 1.54) is 52.8 Å². The first-order valence-electron chi connectivity index (χ1n) is 17.0. The summed E-state index contributed by atoms with van der Waals surface area (Å²) >= 11 is 1.83. The van der Waals surface area contributed by atoms with Gasteiger partial charge in [-0.05, 0) is 30.3 Å². The molecule has 0 saturated carbocycles. The molecule has 0 radical (unpaired) electrons. The SMILES string of the molecule is c1ccc(-c2nc(-c3ccccc3)nc(-n3c4ccccc4c4ccc5c6ccc(-n7c8ccccc8c8ccccc87)cc6sc5c43)n2)cc1. The number of hydrogen-bond acceptors (Lipinski definition) is 4. The minimum atomic E-state index is 0.602. The average molecular weight is 670 g/mol. The summed E-state index contributed by atoms with van der Waals surface area (Å²) in [6.07, 6.45) is 0. The van der Waals surface area contributed by atoms with E-state index in [1.807, 2.05) is 47.7 Å². The van der Waals surface area contributed by atoms with Crippen LogP contribution in [0.3, 0.4) is 0 Å². The zero-order valence-electron chi connectivity index (χ0n) is 27.2. The second kappa shape index (κ2) is 10.9. The zero-order chi connectivity index (χ0) is 33.5. The monoisotopic (exact) mass is 669 g/mol. The molecule has 4 heterocycles. The van der Waals surface area contributed by atoms with E-state index in [1.54, 1.807) is 0 Å². The van der Waals surface area contributed by atoms with E-state index in [2.05, 4.69) is 137 Å². The fourth-order valence-corrected chi connectivity index (χ4v) is 8.99. The van der Waals surface area contributed by atoms with Gasteiger partial charge in [-0.1, -0.05) is 133 Å². The molecule has 0 aliphatic carbocycles. The average Bonchev–Trinajstić information content (AvgIpc) is 3.86. The largest absolute Gasteiger partial charge is 0.309 e. The van der Waals surface area contributed by atoms with E-state index < -0.39 is 0 Å². The van der Waals surface area contributed by atoms with E-state index in [0.717, 1.165) is 27.8 Å². The van der Waals surface area contributed by atoms with Crippen molar-refractivity contribution in [3.05, 3.63) is 164 Å². The fraction of sp³-hybridized carbons (Fsp3) is 0. The van der Waals surface area contributed by atoms with Crippen molar-refractivity contribution < 1.29 is 0 Å². The highest BCUT2D eigenvalue weighted by atomic mass is 32.1. The molecule has 51 heavy (non-hydrogen) atoms. The highest BCUT2D eigenvalue weighted by Gasteiger charge is 2.21. The second-order valence-corrected chi connectivity index (χ2v) is 13.9. The van der Waals surface area contributed by atoms with Gasteiger partial charge in [-0.25, -0.2) is 4.98 Å². The Balaban J connectivity index is 1.20. The summed E-state index contributed by atoms with van der Waals surface area (Å²) < 4.78 is 7.08. The number of para-hydroxylation sites is 3. The van der Waals surface area contributed by atoms with Gasteiger partial charge < -0.3 is 4.57 Å². The summed E-state index contributed by atoms with van der Waals surface area (Å²) in [4.78, 5) is 15.3. The lowest BCUT2D eigenvalue weighted by Gasteiger charge is -2.11. The van der Waals surface area contributed by atoms with Crippen LogP contribution in [-0.2, 0) is 0 Å². The fourth-order valence-electron chi connectivity index (χ4n) is 7.72. The third kappa shape index (κ3) is 4.24. The Morgan fingerprint density at radius 2 is 0.882 bits per heavy atom. The maximum absolute atomic E-state index is 5.18. The number of aromatic nitrogens is 5. The topological polar surface area (TPSA) is 48.5 Å². The van der Waals surface area contributed by atoms with E-state index in [4.69, 9.17) is 15.0 Å². The van der Waals surface area contributed by atoms with Gasteiger partial charge in [0.1, 0.15) is 0 Å². The molecule has 0 unspecified atom stereocenters. The molecule has 0 fully saturated rings. The first-order chi connectivity index (χ1) is 25.3. The molecule has 11 aromatic rings. The van der Waals surface area contributed by atoms with Crippen LogP contribution < -0.4 is 0 Å². The molecule has 0 amide bonds. The molecule has 7 aromatic carbocycles. The molecule has 0 atom stereocenters. The highest BCUT2D eigenvalue weighted by molar-refractivity contribution is 7.26. The van der Waals surface area contributed by atoms with Crippen LogP contribution >= 0.6 is 11.3 Å². The van der Waals surface area contributed by atoms with Crippen LogP contribution in [0, 0.1) is 0 Å². The summed E-state index contributed by atoms with van der Waals surface area (Å²) in [6.45, 7) is 0. The maximum Gasteiger partial charge on any atom is 0.238 e. The standard InChI is InChI=1S/C45H27N5S/c1-3-13-28(14-4-1)43-46-44(29-15-5-2-6-16-29)48-45(47-43)50-39-22-12-9-19-33(39)35-25-26-36-34-24-23-30(27-40(34)51-42(36)41(35)50)49-37-20-10-7-17-31(37)32-18-8-11-21-38(32)49/h1-27H. The van der Waals surface area contributed by atoms with E-state index in [0.29, 0.717) is 17.6 Å². The molecular weight excluding hydrogens is 643 g/mol. The van der Waals surface area contributed by atoms with Crippen LogP contribution in [0.5, 0.6) is 0 Å². The van der Waals surface area contributed by atoms with Crippen LogP contribution in [0.4, 0.5) is 0 Å². The van der Waals surface area contributed by atoms with Gasteiger partial charge in [-0.3, -0.25) is 4.57 Å². The Morgan fingerprint density at radius 3 is 1.49 bits per heavy atom. The molecular formula is C45H27N5S. The van der Waals surface area contributed by atoms with Crippen molar-refractivity contribution >= 4 is 75.1 Å². The quantitative estimate of drug-likeness (QED) is 0.187. The van der Waals surface area contributed by atoms with Crippen molar-refractivity contribution in [3.63, 3.8) is 0 Å². The molecule has 11 rings (SSSR count). The minimum Gasteiger partial charge on any atom is -0.309 e. The van der Waals surface area contributed by atoms with Crippen LogP contribution in [0.25, 0.3) is 98.2 Å². The molecule has 6 heteroatoms. The van der Waals surface area contributed by atoms with Crippen LogP contribution in [0.2, 0.25) is 0 Å². The van der Waals surface area contributed by atoms with Crippen molar-refractivity contribution in [3.8, 4) is 34.4 Å². The highest BCUT2D eigenvalue weighted by Crippen LogP contribution is 2.44. The Hall–Kier alpha value is -6.63. The van der Waals surface area contributed by atoms with Crippen molar-refractivity contribution in [2.75, 3.05) is 0 Å². The number of nitrogens with zero attached hydrogens (tertiary/aromatic N) is 5. The van der Waals surface area contributed by atoms with Gasteiger partial charge in [0.25, 0.3) is 0 Å². The minimum absolute atomic E-state index is 0.602. The predicted molar refractivity (Wildman–Crippen MR) is 212 cm³/mol. The van der Waals surface area contributed by atoms with Gasteiger partial charge in [-0.2, -0.15) is 9.97 Å². The molecule has 0 aliphatic heterocycles. The molecule has 4 aromatic heterocycles. The Bertz CT molecular complexity index is 3030. The molecule has 238 valence electrons. The lowest BCUT2D eigenvalue weighted by atomic mass is 10.1. The van der Waals surface area contributed by atoms with Crippen molar-refractivity contribution in [2.24, 2.45) is 0 Å². The third-order valence-electron chi connectivity index (χ3n) is 9.98. The number of thiophene rings is 1. The number of benzene rings is 7. The molecule has 0 spiro atoms. The molecule has 0 saturated heterocycles. The smallest absolute Gasteiger partial charge is 0.238 e. The maximum atomic E-state index is 5.18. The first-order valence-corrected chi connectivity index (χ1v) is 17.9. The van der Waals surface area contributed by atoms with Gasteiger partial charge in [0, 0.05) is 53.8 Å². The summed E-state index contributed by atoms with van der Waals surface area (Å²) in [5.41, 5.74) is 7.64. The lowest BCUT2D eigenvalue weighted by molar-refractivity contribution is 0.955. The van der Waals surface area contributed by atoms with E-state index in [-0.39, 0.29) is 0 Å². The van der Waals surface area contributed by atoms with E-state index >= 15 is 0 Å². The normalized spacial score (nSPS) is 11.9. The molecule has 0 bridgehead atoms. The van der Waals surface area contributed by atoms with Crippen molar-refractivity contribution in [1.29, 1.82) is 0 Å². The third-order valence-corrected chi connectivity index (χ3v) is 11.2. The van der Waals surface area contributed by atoms with Gasteiger partial charge in [-0.15, -0.1) is 11.3 Å². The molecule has 0 N–H and O–H groups in total. The summed E-state index contributed by atoms with van der Waals surface area (Å²) in [7, 11) is 0. The Morgan fingerprint density at radius 1 is 0.392 bits per heavy atom. The van der Waals surface area contributed by atoms with Gasteiger partial charge in [0.15, 0.2) is 11.6 Å². The number of hydrogen-bond donors (Lipinski definition) is 0. The van der Waals surface area contributed by atoms with Crippen LogP contribution in [0.15, 0.2) is 164 Å². The van der Waals surface area contributed by atoms with Crippen LogP contribution in [0.1, 0.15) is 0 Å². The van der Waals surface area contributed by atoms with Crippen molar-refractivity contribution in [2.45, 2.75) is 0 Å². The van der Waals surface area contributed by atoms with Gasteiger partial charge in [0.05, 0.1) is 26.8 Å². The first kappa shape index (κ1) is 28.2. The summed E-state index contributed by atoms with van der Waals surface area (Å²) in [5, 5.41) is 7.33. The molecule has 0 aliphatic rings. The summed E-state index contributed by atoms with van der Waals surface area (Å²) in [6, 6.07) is 57.7. The summed E-state index contributed by atoms with van der Waals surface area (Å²) in [5.74, 6) is 1.89. The van der Waals surface area contributed by atoms with Gasteiger partial charge in [0.2, 0.25) is 5.95 Å². The van der Waals surface area contributed by atoms with Crippen LogP contribution in [-0.4, -0.2) is 24.1 Å². The number of fused-ring (bicyclic) bond motifs is 10.